The van der Waals surface area contributed by atoms with Crippen LogP contribution >= 0.6 is 0 Å². The van der Waals surface area contributed by atoms with Gasteiger partial charge in [-0.1, -0.05) is 12.1 Å². The van der Waals surface area contributed by atoms with Gasteiger partial charge in [-0.05, 0) is 37.3 Å². The van der Waals surface area contributed by atoms with Crippen LogP contribution in [0.4, 0.5) is 0 Å². The minimum absolute atomic E-state index is 0.640. The van der Waals surface area contributed by atoms with Crippen molar-refractivity contribution in [3.05, 3.63) is 35.6 Å². The average Bonchev–Trinajstić information content (AvgIpc) is 2.73. The van der Waals surface area contributed by atoms with E-state index in [4.69, 9.17) is 4.42 Å². The number of benzene rings is 1. The Bertz CT molecular complexity index is 494. The van der Waals surface area contributed by atoms with Crippen LogP contribution in [0.2, 0.25) is 0 Å². The number of fused-ring (bicyclic) bond motifs is 1. The fourth-order valence-electron chi connectivity index (χ4n) is 2.53. The fraction of sp³-hybridized carbons (Fsp3) is 0.429. The Labute approximate surface area is 95.6 Å². The second kappa shape index (κ2) is 3.95. The Hall–Kier alpha value is -1.28. The Morgan fingerprint density at radius 3 is 2.88 bits per heavy atom. The van der Waals surface area contributed by atoms with Gasteiger partial charge < -0.3 is 4.42 Å². The molecule has 1 saturated heterocycles. The minimum atomic E-state index is 0.640. The number of piperidine rings is 1. The summed E-state index contributed by atoms with van der Waals surface area (Å²) >= 11 is 0. The fourth-order valence-corrected chi connectivity index (χ4v) is 2.53. The van der Waals surface area contributed by atoms with E-state index in [9.17, 15) is 0 Å². The molecule has 0 bridgehead atoms. The van der Waals surface area contributed by atoms with Gasteiger partial charge in [-0.15, -0.1) is 0 Å². The summed E-state index contributed by atoms with van der Waals surface area (Å²) < 4.78 is 5.65. The van der Waals surface area contributed by atoms with Crippen LogP contribution in [-0.2, 0) is 0 Å². The van der Waals surface area contributed by atoms with Gasteiger partial charge in [0.2, 0.25) is 0 Å². The molecular weight excluding hydrogens is 198 g/mol. The minimum Gasteiger partial charge on any atom is -0.464 e. The third-order valence-electron chi connectivity index (χ3n) is 3.47. The molecule has 0 aliphatic carbocycles. The lowest BCUT2D eigenvalue weighted by molar-refractivity contribution is 0.451. The Morgan fingerprint density at radius 1 is 1.25 bits per heavy atom. The summed E-state index contributed by atoms with van der Waals surface area (Å²) in [6.07, 6.45) is 4.28. The Kier molecular flexibility index (Phi) is 2.44. The molecule has 1 fully saturated rings. The lowest BCUT2D eigenvalue weighted by Gasteiger charge is -2.20. The number of hydrogen-bond acceptors (Lipinski definition) is 1. The molecular formula is C14H16NO. The number of hydrogen-bond donors (Lipinski definition) is 0. The van der Waals surface area contributed by atoms with E-state index in [0.717, 1.165) is 18.7 Å². The Balaban J connectivity index is 2.03. The van der Waals surface area contributed by atoms with Crippen molar-refractivity contribution in [1.82, 2.24) is 5.32 Å². The van der Waals surface area contributed by atoms with E-state index >= 15 is 0 Å². The lowest BCUT2D eigenvalue weighted by Crippen LogP contribution is -2.20. The predicted molar refractivity (Wildman–Crippen MR) is 64.8 cm³/mol. The quantitative estimate of drug-likeness (QED) is 0.716. The average molecular weight is 214 g/mol. The monoisotopic (exact) mass is 214 g/mol. The molecule has 2 heterocycles. The van der Waals surface area contributed by atoms with E-state index in [2.05, 4.69) is 30.4 Å². The van der Waals surface area contributed by atoms with Crippen molar-refractivity contribution in [1.29, 1.82) is 0 Å². The number of furan rings is 1. The molecule has 1 aliphatic heterocycles. The summed E-state index contributed by atoms with van der Waals surface area (Å²) in [5.74, 6) is 0.640. The van der Waals surface area contributed by atoms with Crippen LogP contribution in [0, 0.1) is 6.92 Å². The molecule has 0 atom stereocenters. The zero-order chi connectivity index (χ0) is 11.0. The summed E-state index contributed by atoms with van der Waals surface area (Å²) in [4.78, 5) is 0. The third kappa shape index (κ3) is 1.63. The van der Waals surface area contributed by atoms with E-state index in [1.54, 1.807) is 0 Å². The van der Waals surface area contributed by atoms with Gasteiger partial charge in [0.1, 0.15) is 5.58 Å². The first-order chi connectivity index (χ1) is 7.84. The maximum absolute atomic E-state index is 5.65. The SMILES string of the molecule is Cc1ccc2c(C3CC[N]CC3)coc2c1. The molecule has 0 amide bonds. The first-order valence-corrected chi connectivity index (χ1v) is 5.95. The van der Waals surface area contributed by atoms with Gasteiger partial charge in [0.05, 0.1) is 6.26 Å². The molecule has 0 spiro atoms. The standard InChI is InChI=1S/C14H16NO/c1-10-2-3-12-13(9-16-14(12)8-10)11-4-6-15-7-5-11/h2-3,8-9,11H,4-7H2,1H3. The molecule has 0 saturated carbocycles. The van der Waals surface area contributed by atoms with E-state index < -0.39 is 0 Å². The maximum Gasteiger partial charge on any atom is 0.134 e. The summed E-state index contributed by atoms with van der Waals surface area (Å²) in [6.45, 7) is 4.10. The van der Waals surface area contributed by atoms with Gasteiger partial charge in [-0.3, -0.25) is 0 Å². The molecule has 0 N–H and O–H groups in total. The van der Waals surface area contributed by atoms with Gasteiger partial charge in [-0.25, -0.2) is 5.32 Å². The highest BCUT2D eigenvalue weighted by atomic mass is 16.3. The number of rotatable bonds is 1. The summed E-state index contributed by atoms with van der Waals surface area (Å²) in [5, 5.41) is 5.69. The molecule has 1 aliphatic rings. The topological polar surface area (TPSA) is 27.2 Å². The van der Waals surface area contributed by atoms with Gasteiger partial charge in [0.25, 0.3) is 0 Å². The first-order valence-electron chi connectivity index (χ1n) is 5.95. The van der Waals surface area contributed by atoms with Crippen LogP contribution in [0.25, 0.3) is 11.0 Å². The molecule has 1 radical (unpaired) electrons. The van der Waals surface area contributed by atoms with Crippen LogP contribution in [0.15, 0.2) is 28.9 Å². The zero-order valence-electron chi connectivity index (χ0n) is 9.57. The molecule has 1 aromatic heterocycles. The van der Waals surface area contributed by atoms with Crippen LogP contribution in [-0.4, -0.2) is 13.1 Å². The molecule has 1 aromatic carbocycles. The molecule has 0 unspecified atom stereocenters. The largest absolute Gasteiger partial charge is 0.464 e. The zero-order valence-corrected chi connectivity index (χ0v) is 9.57. The highest BCUT2D eigenvalue weighted by Crippen LogP contribution is 2.33. The first kappa shape index (κ1) is 9.91. The third-order valence-corrected chi connectivity index (χ3v) is 3.47. The lowest BCUT2D eigenvalue weighted by atomic mass is 9.90. The van der Waals surface area contributed by atoms with Crippen LogP contribution < -0.4 is 5.32 Å². The van der Waals surface area contributed by atoms with Crippen LogP contribution in [0.1, 0.15) is 29.9 Å². The second-order valence-corrected chi connectivity index (χ2v) is 4.64. The second-order valence-electron chi connectivity index (χ2n) is 4.64. The van der Waals surface area contributed by atoms with Crippen molar-refractivity contribution in [3.63, 3.8) is 0 Å². The van der Waals surface area contributed by atoms with Gasteiger partial charge in [0.15, 0.2) is 0 Å². The van der Waals surface area contributed by atoms with Crippen molar-refractivity contribution in [2.75, 3.05) is 13.1 Å². The van der Waals surface area contributed by atoms with Crippen molar-refractivity contribution in [2.24, 2.45) is 0 Å². The molecule has 2 aromatic rings. The summed E-state index contributed by atoms with van der Waals surface area (Å²) in [7, 11) is 0. The molecule has 83 valence electrons. The highest BCUT2D eigenvalue weighted by molar-refractivity contribution is 5.82. The van der Waals surface area contributed by atoms with Gasteiger partial charge in [0, 0.05) is 24.0 Å². The van der Waals surface area contributed by atoms with Crippen LogP contribution in [0.5, 0.6) is 0 Å². The van der Waals surface area contributed by atoms with E-state index in [0.29, 0.717) is 5.92 Å². The van der Waals surface area contributed by atoms with Crippen LogP contribution in [0.3, 0.4) is 0 Å². The molecule has 2 nitrogen and oxygen atoms in total. The van der Waals surface area contributed by atoms with Gasteiger partial charge >= 0.3 is 0 Å². The molecule has 2 heteroatoms. The summed E-state index contributed by atoms with van der Waals surface area (Å²) in [5.41, 5.74) is 3.66. The van der Waals surface area contributed by atoms with Crippen molar-refractivity contribution in [2.45, 2.75) is 25.7 Å². The normalized spacial score (nSPS) is 18.1. The maximum atomic E-state index is 5.65. The van der Waals surface area contributed by atoms with E-state index in [1.807, 2.05) is 6.26 Å². The Morgan fingerprint density at radius 2 is 2.06 bits per heavy atom. The van der Waals surface area contributed by atoms with Crippen molar-refractivity contribution >= 4 is 11.0 Å². The predicted octanol–water partition coefficient (Wildman–Crippen LogP) is 3.22. The van der Waals surface area contributed by atoms with Crippen molar-refractivity contribution < 1.29 is 4.42 Å². The van der Waals surface area contributed by atoms with Gasteiger partial charge in [-0.2, -0.15) is 0 Å². The molecule has 3 rings (SSSR count). The highest BCUT2D eigenvalue weighted by Gasteiger charge is 2.19. The van der Waals surface area contributed by atoms with E-state index in [1.165, 1.54) is 29.4 Å². The van der Waals surface area contributed by atoms with Crippen molar-refractivity contribution in [3.8, 4) is 0 Å². The number of aryl methyl sites for hydroxylation is 1. The molecule has 16 heavy (non-hydrogen) atoms. The summed E-state index contributed by atoms with van der Waals surface area (Å²) in [6, 6.07) is 6.47. The number of nitrogens with zero attached hydrogens (tertiary/aromatic N) is 1. The smallest absolute Gasteiger partial charge is 0.134 e. The van der Waals surface area contributed by atoms with E-state index in [-0.39, 0.29) is 0 Å².